The minimum atomic E-state index is -0.349. The van der Waals surface area contributed by atoms with Crippen molar-refractivity contribution in [3.63, 3.8) is 0 Å². The molecule has 2 aromatic heterocycles. The van der Waals surface area contributed by atoms with Crippen LogP contribution in [0, 0.1) is 0 Å². The van der Waals surface area contributed by atoms with Gasteiger partial charge in [-0.15, -0.1) is 5.10 Å². The van der Waals surface area contributed by atoms with Gasteiger partial charge in [0.05, 0.1) is 20.5 Å². The molecule has 2 heterocycles. The van der Waals surface area contributed by atoms with E-state index in [2.05, 4.69) is 17.0 Å². The molecule has 142 valence electrons. The van der Waals surface area contributed by atoms with E-state index in [9.17, 15) is 4.79 Å². The molecule has 0 aliphatic rings. The molecule has 0 aliphatic carbocycles. The molecule has 1 aromatic carbocycles. The summed E-state index contributed by atoms with van der Waals surface area (Å²) in [4.78, 5) is 17.3. The maximum atomic E-state index is 12.7. The maximum absolute atomic E-state index is 12.7. The SMILES string of the molecule is CCCCSc1nc(-c2ccc(OC)c(OC)c2)nn1C(=O)c1ccco1. The largest absolute Gasteiger partial charge is 0.493 e. The van der Waals surface area contributed by atoms with Crippen LogP contribution in [0.15, 0.2) is 46.2 Å². The Morgan fingerprint density at radius 1 is 1.22 bits per heavy atom. The molecule has 0 atom stereocenters. The molecule has 0 amide bonds. The number of benzene rings is 1. The number of nitrogens with zero attached hydrogens (tertiary/aromatic N) is 3. The van der Waals surface area contributed by atoms with Gasteiger partial charge in [-0.1, -0.05) is 25.1 Å². The van der Waals surface area contributed by atoms with Crippen LogP contribution in [0.1, 0.15) is 30.3 Å². The first-order valence-electron chi connectivity index (χ1n) is 8.58. The number of carbonyl (C=O) groups is 1. The predicted molar refractivity (Wildman–Crippen MR) is 103 cm³/mol. The molecule has 0 fully saturated rings. The van der Waals surface area contributed by atoms with Gasteiger partial charge in [0.15, 0.2) is 28.2 Å². The molecule has 0 aliphatic heterocycles. The molecule has 0 spiro atoms. The molecule has 0 unspecified atom stereocenters. The van der Waals surface area contributed by atoms with Crippen LogP contribution in [-0.4, -0.2) is 40.6 Å². The standard InChI is InChI=1S/C19H21N3O4S/c1-4-5-11-27-19-20-17(13-8-9-14(24-2)16(12-13)25-3)21-22(19)18(23)15-7-6-10-26-15/h6-10,12H,4-5,11H2,1-3H3. The third-order valence-electron chi connectivity index (χ3n) is 3.87. The first-order valence-corrected chi connectivity index (χ1v) is 9.57. The molecule has 0 bridgehead atoms. The van der Waals surface area contributed by atoms with Crippen LogP contribution < -0.4 is 9.47 Å². The van der Waals surface area contributed by atoms with E-state index in [4.69, 9.17) is 13.9 Å². The molecule has 0 saturated heterocycles. The van der Waals surface area contributed by atoms with Crippen molar-refractivity contribution in [3.05, 3.63) is 42.4 Å². The van der Waals surface area contributed by atoms with Crippen molar-refractivity contribution in [2.75, 3.05) is 20.0 Å². The minimum Gasteiger partial charge on any atom is -0.493 e. The lowest BCUT2D eigenvalue weighted by Gasteiger charge is -2.07. The lowest BCUT2D eigenvalue weighted by molar-refractivity contribution is 0.0905. The maximum Gasteiger partial charge on any atom is 0.316 e. The normalized spacial score (nSPS) is 10.8. The number of unbranched alkanes of at least 4 members (excludes halogenated alkanes) is 1. The van der Waals surface area contributed by atoms with E-state index in [-0.39, 0.29) is 11.7 Å². The fourth-order valence-electron chi connectivity index (χ4n) is 2.43. The number of aromatic nitrogens is 3. The summed E-state index contributed by atoms with van der Waals surface area (Å²) in [6, 6.07) is 8.69. The third kappa shape index (κ3) is 4.16. The third-order valence-corrected chi connectivity index (χ3v) is 4.89. The number of methoxy groups -OCH3 is 2. The highest BCUT2D eigenvalue weighted by molar-refractivity contribution is 7.99. The number of hydrogen-bond acceptors (Lipinski definition) is 7. The van der Waals surface area contributed by atoms with Crippen molar-refractivity contribution in [1.82, 2.24) is 14.8 Å². The molecule has 27 heavy (non-hydrogen) atoms. The van der Waals surface area contributed by atoms with Gasteiger partial charge in [0.25, 0.3) is 0 Å². The molecule has 0 radical (unpaired) electrons. The second-order valence-electron chi connectivity index (χ2n) is 5.68. The van der Waals surface area contributed by atoms with Gasteiger partial charge in [0.1, 0.15) is 0 Å². The van der Waals surface area contributed by atoms with E-state index in [1.54, 1.807) is 38.5 Å². The number of furan rings is 1. The van der Waals surface area contributed by atoms with Gasteiger partial charge >= 0.3 is 5.91 Å². The van der Waals surface area contributed by atoms with Gasteiger partial charge in [-0.05, 0) is 36.8 Å². The first kappa shape index (κ1) is 19.0. The lowest BCUT2D eigenvalue weighted by Crippen LogP contribution is -2.14. The zero-order valence-electron chi connectivity index (χ0n) is 15.5. The Balaban J connectivity index is 1.99. The number of rotatable bonds is 8. The fourth-order valence-corrected chi connectivity index (χ4v) is 3.45. The summed E-state index contributed by atoms with van der Waals surface area (Å²) >= 11 is 1.50. The molecule has 7 nitrogen and oxygen atoms in total. The van der Waals surface area contributed by atoms with Crippen LogP contribution in [0.3, 0.4) is 0 Å². The number of thioether (sulfide) groups is 1. The Morgan fingerprint density at radius 2 is 2.04 bits per heavy atom. The second-order valence-corrected chi connectivity index (χ2v) is 6.75. The zero-order valence-corrected chi connectivity index (χ0v) is 16.3. The van der Waals surface area contributed by atoms with E-state index in [0.717, 1.165) is 24.2 Å². The van der Waals surface area contributed by atoms with Crippen LogP contribution in [0.4, 0.5) is 0 Å². The molecular weight excluding hydrogens is 366 g/mol. The van der Waals surface area contributed by atoms with Crippen molar-refractivity contribution in [3.8, 4) is 22.9 Å². The Labute approximate surface area is 161 Å². The van der Waals surface area contributed by atoms with Gasteiger partial charge in [-0.3, -0.25) is 4.79 Å². The fraction of sp³-hybridized carbons (Fsp3) is 0.316. The van der Waals surface area contributed by atoms with Gasteiger partial charge in [0, 0.05) is 11.3 Å². The van der Waals surface area contributed by atoms with Crippen molar-refractivity contribution in [1.29, 1.82) is 0 Å². The summed E-state index contributed by atoms with van der Waals surface area (Å²) in [5, 5.41) is 4.96. The van der Waals surface area contributed by atoms with Crippen LogP contribution in [0.5, 0.6) is 11.5 Å². The van der Waals surface area contributed by atoms with E-state index >= 15 is 0 Å². The summed E-state index contributed by atoms with van der Waals surface area (Å²) in [6.45, 7) is 2.12. The summed E-state index contributed by atoms with van der Waals surface area (Å²) in [5.41, 5.74) is 0.732. The lowest BCUT2D eigenvalue weighted by atomic mass is 10.2. The topological polar surface area (TPSA) is 79.4 Å². The van der Waals surface area contributed by atoms with Crippen molar-refractivity contribution in [2.45, 2.75) is 24.9 Å². The minimum absolute atomic E-state index is 0.219. The van der Waals surface area contributed by atoms with Gasteiger partial charge in [0.2, 0.25) is 0 Å². The van der Waals surface area contributed by atoms with E-state index in [0.29, 0.717) is 22.5 Å². The Bertz CT molecular complexity index is 906. The van der Waals surface area contributed by atoms with E-state index < -0.39 is 0 Å². The molecule has 3 rings (SSSR count). The molecule has 0 saturated carbocycles. The Morgan fingerprint density at radius 3 is 2.70 bits per heavy atom. The highest BCUT2D eigenvalue weighted by atomic mass is 32.2. The summed E-state index contributed by atoms with van der Waals surface area (Å²) in [6.07, 6.45) is 3.55. The second kappa shape index (κ2) is 8.77. The number of hydrogen-bond donors (Lipinski definition) is 0. The zero-order chi connectivity index (χ0) is 19.2. The quantitative estimate of drug-likeness (QED) is 0.424. The van der Waals surface area contributed by atoms with E-state index in [1.165, 1.54) is 22.7 Å². The van der Waals surface area contributed by atoms with Crippen molar-refractivity contribution >= 4 is 17.7 Å². The Kier molecular flexibility index (Phi) is 6.18. The average Bonchev–Trinajstić information content (AvgIpc) is 3.37. The highest BCUT2D eigenvalue weighted by Crippen LogP contribution is 2.32. The van der Waals surface area contributed by atoms with Crippen LogP contribution in [0.25, 0.3) is 11.4 Å². The molecule has 8 heteroatoms. The van der Waals surface area contributed by atoms with Gasteiger partial charge in [-0.25, -0.2) is 4.98 Å². The first-order chi connectivity index (χ1) is 13.2. The van der Waals surface area contributed by atoms with Crippen molar-refractivity contribution in [2.24, 2.45) is 0 Å². The smallest absolute Gasteiger partial charge is 0.316 e. The number of ether oxygens (including phenoxy) is 2. The molecule has 0 N–H and O–H groups in total. The van der Waals surface area contributed by atoms with Crippen molar-refractivity contribution < 1.29 is 18.7 Å². The average molecular weight is 387 g/mol. The monoisotopic (exact) mass is 387 g/mol. The van der Waals surface area contributed by atoms with E-state index in [1.807, 2.05) is 6.07 Å². The van der Waals surface area contributed by atoms with Crippen LogP contribution in [-0.2, 0) is 0 Å². The summed E-state index contributed by atoms with van der Waals surface area (Å²) in [5.74, 6) is 2.35. The molecular formula is C19H21N3O4S. The number of carbonyl (C=O) groups excluding carboxylic acids is 1. The highest BCUT2D eigenvalue weighted by Gasteiger charge is 2.21. The van der Waals surface area contributed by atoms with Crippen LogP contribution in [0.2, 0.25) is 0 Å². The Hall–Kier alpha value is -2.74. The van der Waals surface area contributed by atoms with Gasteiger partial charge in [-0.2, -0.15) is 4.68 Å². The summed E-state index contributed by atoms with van der Waals surface area (Å²) < 4.78 is 17.1. The van der Waals surface area contributed by atoms with Crippen LogP contribution >= 0.6 is 11.8 Å². The van der Waals surface area contributed by atoms with Gasteiger partial charge < -0.3 is 13.9 Å². The molecule has 3 aromatic rings. The predicted octanol–water partition coefficient (Wildman–Crippen LogP) is 4.14. The summed E-state index contributed by atoms with van der Waals surface area (Å²) in [7, 11) is 3.15.